The second-order valence-electron chi connectivity index (χ2n) is 7.92. The van der Waals surface area contributed by atoms with E-state index in [2.05, 4.69) is 50.0 Å². The third-order valence-electron chi connectivity index (χ3n) is 5.63. The van der Waals surface area contributed by atoms with E-state index in [1.807, 2.05) is 42.5 Å². The number of methoxy groups -OCH3 is 1. The highest BCUT2D eigenvalue weighted by molar-refractivity contribution is 5.93. The summed E-state index contributed by atoms with van der Waals surface area (Å²) >= 11 is 0. The Morgan fingerprint density at radius 2 is 1.73 bits per heavy atom. The molecule has 0 aliphatic carbocycles. The van der Waals surface area contributed by atoms with Gasteiger partial charge >= 0.3 is 5.69 Å². The molecule has 152 valence electrons. The predicted molar refractivity (Wildman–Crippen MR) is 122 cm³/mol. The first-order chi connectivity index (χ1) is 14.5. The van der Waals surface area contributed by atoms with Crippen LogP contribution in [-0.4, -0.2) is 16.7 Å². The summed E-state index contributed by atoms with van der Waals surface area (Å²) in [6.45, 7) is 6.87. The fourth-order valence-corrected chi connectivity index (χ4v) is 3.74. The number of benzene rings is 3. The van der Waals surface area contributed by atoms with Gasteiger partial charge < -0.3 is 4.74 Å². The average molecular weight is 399 g/mol. The number of ether oxygens (including phenoxy) is 1. The van der Waals surface area contributed by atoms with Crippen molar-refractivity contribution in [2.75, 3.05) is 7.11 Å². The average Bonchev–Trinajstić information content (AvgIpc) is 2.76. The van der Waals surface area contributed by atoms with E-state index in [0.29, 0.717) is 18.2 Å². The minimum Gasteiger partial charge on any atom is -0.497 e. The van der Waals surface area contributed by atoms with Crippen LogP contribution in [0.25, 0.3) is 22.2 Å². The summed E-state index contributed by atoms with van der Waals surface area (Å²) in [5.74, 6) is 1.19. The highest BCUT2D eigenvalue weighted by atomic mass is 16.5. The first-order valence-corrected chi connectivity index (χ1v) is 10.2. The zero-order valence-corrected chi connectivity index (χ0v) is 17.8. The van der Waals surface area contributed by atoms with Crippen LogP contribution >= 0.6 is 0 Å². The lowest BCUT2D eigenvalue weighted by molar-refractivity contribution is 0.415. The molecule has 0 radical (unpaired) electrons. The molecular weight excluding hydrogens is 372 g/mol. The Morgan fingerprint density at radius 3 is 2.40 bits per heavy atom. The molecule has 0 unspecified atom stereocenters. The topological polar surface area (TPSA) is 44.1 Å². The molecule has 4 nitrogen and oxygen atoms in total. The van der Waals surface area contributed by atoms with Crippen molar-refractivity contribution in [3.05, 3.63) is 93.9 Å². The summed E-state index contributed by atoms with van der Waals surface area (Å²) in [7, 11) is 1.65. The second-order valence-corrected chi connectivity index (χ2v) is 7.92. The zero-order chi connectivity index (χ0) is 21.3. The van der Waals surface area contributed by atoms with Gasteiger partial charge in [0.25, 0.3) is 0 Å². The molecule has 4 rings (SSSR count). The summed E-state index contributed by atoms with van der Waals surface area (Å²) in [4.78, 5) is 17.6. The number of rotatable bonds is 5. The molecule has 0 amide bonds. The lowest BCUT2D eigenvalue weighted by atomic mass is 9.99. The Labute approximate surface area is 176 Å². The highest BCUT2D eigenvalue weighted by Gasteiger charge is 2.14. The van der Waals surface area contributed by atoms with E-state index in [4.69, 9.17) is 4.74 Å². The fraction of sp³-hybridized carbons (Fsp3) is 0.231. The van der Waals surface area contributed by atoms with Crippen molar-refractivity contribution >= 4 is 10.9 Å². The van der Waals surface area contributed by atoms with Gasteiger partial charge in [0.2, 0.25) is 0 Å². The normalized spacial score (nSPS) is 11.2. The second kappa shape index (κ2) is 8.15. The van der Waals surface area contributed by atoms with Crippen LogP contribution in [0.5, 0.6) is 5.75 Å². The SMILES string of the molecule is COc1ccc2c(c1)c(-c1ccc(C(C)C)cc1)nc(=O)n2Cc1ccccc1C. The van der Waals surface area contributed by atoms with Gasteiger partial charge in [0.15, 0.2) is 0 Å². The molecule has 0 bridgehead atoms. The molecule has 0 aliphatic rings. The van der Waals surface area contributed by atoms with Gasteiger partial charge in [0.1, 0.15) is 5.75 Å². The van der Waals surface area contributed by atoms with Crippen LogP contribution in [0.2, 0.25) is 0 Å². The van der Waals surface area contributed by atoms with Gasteiger partial charge in [-0.3, -0.25) is 4.57 Å². The maximum atomic E-state index is 13.1. The van der Waals surface area contributed by atoms with Crippen molar-refractivity contribution in [2.24, 2.45) is 0 Å². The van der Waals surface area contributed by atoms with Crippen LogP contribution in [-0.2, 0) is 6.54 Å². The summed E-state index contributed by atoms with van der Waals surface area (Å²) in [5.41, 5.74) is 5.73. The molecule has 3 aromatic carbocycles. The quantitative estimate of drug-likeness (QED) is 0.443. The molecule has 0 N–H and O–H groups in total. The van der Waals surface area contributed by atoms with Crippen LogP contribution in [0.1, 0.15) is 36.5 Å². The monoisotopic (exact) mass is 398 g/mol. The van der Waals surface area contributed by atoms with Crippen molar-refractivity contribution in [3.8, 4) is 17.0 Å². The Morgan fingerprint density at radius 1 is 1.00 bits per heavy atom. The van der Waals surface area contributed by atoms with Gasteiger partial charge in [0, 0.05) is 10.9 Å². The third kappa shape index (κ3) is 3.73. The molecule has 1 heterocycles. The van der Waals surface area contributed by atoms with Gasteiger partial charge in [-0.1, -0.05) is 62.4 Å². The molecule has 0 aliphatic heterocycles. The van der Waals surface area contributed by atoms with Crippen LogP contribution < -0.4 is 10.4 Å². The summed E-state index contributed by atoms with van der Waals surface area (Å²) < 4.78 is 7.20. The number of hydrogen-bond donors (Lipinski definition) is 0. The van der Waals surface area contributed by atoms with Crippen molar-refractivity contribution in [3.63, 3.8) is 0 Å². The number of aromatic nitrogens is 2. The third-order valence-corrected chi connectivity index (χ3v) is 5.63. The molecule has 0 spiro atoms. The predicted octanol–water partition coefficient (Wildman–Crippen LogP) is 5.55. The molecule has 0 saturated heterocycles. The Kier molecular flexibility index (Phi) is 5.40. The van der Waals surface area contributed by atoms with Gasteiger partial charge in [-0.25, -0.2) is 4.79 Å². The maximum Gasteiger partial charge on any atom is 0.348 e. The first kappa shape index (κ1) is 19.9. The van der Waals surface area contributed by atoms with Crippen molar-refractivity contribution in [2.45, 2.75) is 33.2 Å². The summed E-state index contributed by atoms with van der Waals surface area (Å²) in [6.07, 6.45) is 0. The van der Waals surface area contributed by atoms with Crippen molar-refractivity contribution < 1.29 is 4.74 Å². The largest absolute Gasteiger partial charge is 0.497 e. The number of hydrogen-bond acceptors (Lipinski definition) is 3. The van der Waals surface area contributed by atoms with E-state index in [0.717, 1.165) is 33.3 Å². The van der Waals surface area contributed by atoms with Gasteiger partial charge in [-0.15, -0.1) is 0 Å². The van der Waals surface area contributed by atoms with Crippen molar-refractivity contribution in [1.82, 2.24) is 9.55 Å². The van der Waals surface area contributed by atoms with E-state index in [1.165, 1.54) is 5.56 Å². The van der Waals surface area contributed by atoms with E-state index < -0.39 is 0 Å². The molecule has 4 aromatic rings. The van der Waals surface area contributed by atoms with Crippen LogP contribution in [0.4, 0.5) is 0 Å². The molecule has 30 heavy (non-hydrogen) atoms. The first-order valence-electron chi connectivity index (χ1n) is 10.2. The molecule has 0 atom stereocenters. The Bertz CT molecular complexity index is 1250. The number of fused-ring (bicyclic) bond motifs is 1. The Hall–Kier alpha value is -3.40. The fourth-order valence-electron chi connectivity index (χ4n) is 3.74. The van der Waals surface area contributed by atoms with E-state index >= 15 is 0 Å². The molecule has 0 saturated carbocycles. The zero-order valence-electron chi connectivity index (χ0n) is 17.8. The van der Waals surface area contributed by atoms with Gasteiger partial charge in [-0.2, -0.15) is 4.98 Å². The molecular formula is C26H26N2O2. The molecule has 1 aromatic heterocycles. The summed E-state index contributed by atoms with van der Waals surface area (Å²) in [6, 6.07) is 22.2. The smallest absolute Gasteiger partial charge is 0.348 e. The minimum absolute atomic E-state index is 0.251. The lowest BCUT2D eigenvalue weighted by Crippen LogP contribution is -2.25. The van der Waals surface area contributed by atoms with Crippen LogP contribution in [0.3, 0.4) is 0 Å². The lowest BCUT2D eigenvalue weighted by Gasteiger charge is -2.15. The number of nitrogens with zero attached hydrogens (tertiary/aromatic N) is 2. The number of aryl methyl sites for hydroxylation is 1. The van der Waals surface area contributed by atoms with Gasteiger partial charge in [-0.05, 0) is 47.7 Å². The highest BCUT2D eigenvalue weighted by Crippen LogP contribution is 2.30. The van der Waals surface area contributed by atoms with E-state index in [-0.39, 0.29) is 5.69 Å². The van der Waals surface area contributed by atoms with Crippen LogP contribution in [0, 0.1) is 6.92 Å². The Balaban J connectivity index is 1.92. The van der Waals surface area contributed by atoms with E-state index in [9.17, 15) is 4.79 Å². The van der Waals surface area contributed by atoms with Crippen LogP contribution in [0.15, 0.2) is 71.5 Å². The minimum atomic E-state index is -0.251. The van der Waals surface area contributed by atoms with Crippen molar-refractivity contribution in [1.29, 1.82) is 0 Å². The summed E-state index contributed by atoms with van der Waals surface area (Å²) in [5, 5.41) is 0.903. The molecule has 4 heteroatoms. The molecule has 0 fully saturated rings. The standard InChI is InChI=1S/C26H26N2O2/c1-17(2)19-9-11-20(12-10-19)25-23-15-22(30-4)13-14-24(23)28(26(29)27-25)16-21-8-6-5-7-18(21)3/h5-15,17H,16H2,1-4H3. The maximum absolute atomic E-state index is 13.1. The van der Waals surface area contributed by atoms with Gasteiger partial charge in [0.05, 0.1) is 24.9 Å². The van der Waals surface area contributed by atoms with E-state index in [1.54, 1.807) is 11.7 Å².